The lowest BCUT2D eigenvalue weighted by molar-refractivity contribution is -0.137. The van der Waals surface area contributed by atoms with Crippen molar-refractivity contribution in [3.63, 3.8) is 0 Å². The van der Waals surface area contributed by atoms with Gasteiger partial charge < -0.3 is 0 Å². The molecule has 0 aliphatic rings. The normalized spacial score (nSPS) is 11.5. The molecule has 2 aromatic rings. The van der Waals surface area contributed by atoms with Crippen molar-refractivity contribution in [2.24, 2.45) is 0 Å². The maximum atomic E-state index is 12.6. The van der Waals surface area contributed by atoms with Crippen LogP contribution in [-0.4, -0.2) is 11.3 Å². The van der Waals surface area contributed by atoms with E-state index >= 15 is 0 Å². The lowest BCUT2D eigenvalue weighted by Gasteiger charge is -2.11. The summed E-state index contributed by atoms with van der Waals surface area (Å²) in [7, 11) is 0. The van der Waals surface area contributed by atoms with Crippen molar-refractivity contribution in [1.82, 2.24) is 4.98 Å². The molecular weight excluding hydrogens is 350 g/mol. The molecular formula is C13H5Cl3F3NO. The number of carbonyl (C=O) groups is 1. The molecule has 0 fully saturated rings. The fraction of sp³-hybridized carbons (Fsp3) is 0.0769. The van der Waals surface area contributed by atoms with Crippen LogP contribution in [0.25, 0.3) is 11.3 Å². The van der Waals surface area contributed by atoms with E-state index in [0.29, 0.717) is 12.3 Å². The van der Waals surface area contributed by atoms with Crippen LogP contribution in [0.3, 0.4) is 0 Å². The molecule has 0 radical (unpaired) electrons. The van der Waals surface area contributed by atoms with Gasteiger partial charge >= 0.3 is 6.18 Å². The number of pyridine rings is 1. The Hall–Kier alpha value is -1.30. The predicted molar refractivity (Wildman–Crippen MR) is 75.1 cm³/mol. The maximum absolute atomic E-state index is 12.6. The summed E-state index contributed by atoms with van der Waals surface area (Å²) in [4.78, 5) is 14.7. The van der Waals surface area contributed by atoms with Gasteiger partial charge in [0.1, 0.15) is 0 Å². The molecule has 0 bridgehead atoms. The van der Waals surface area contributed by atoms with E-state index in [-0.39, 0.29) is 38.2 Å². The van der Waals surface area contributed by atoms with Gasteiger partial charge in [-0.2, -0.15) is 13.2 Å². The minimum Gasteiger partial charge on any atom is -0.298 e. The van der Waals surface area contributed by atoms with Crippen LogP contribution >= 0.6 is 34.8 Å². The summed E-state index contributed by atoms with van der Waals surface area (Å²) in [6.45, 7) is 0. The highest BCUT2D eigenvalue weighted by atomic mass is 35.5. The second-order valence-electron chi connectivity index (χ2n) is 4.03. The van der Waals surface area contributed by atoms with Gasteiger partial charge in [0, 0.05) is 22.3 Å². The van der Waals surface area contributed by atoms with Crippen LogP contribution in [-0.2, 0) is 6.18 Å². The van der Waals surface area contributed by atoms with Gasteiger partial charge in [0.05, 0.1) is 21.3 Å². The van der Waals surface area contributed by atoms with Crippen LogP contribution in [0.15, 0.2) is 24.4 Å². The standard InChI is InChI=1S/C13H5Cl3F3NO/c14-8-2-9(11(16)10(15)3-8)12-6(5-21)1-7(4-20-12)13(17,18)19/h1-5H. The Kier molecular flexibility index (Phi) is 4.46. The Morgan fingerprint density at radius 3 is 2.33 bits per heavy atom. The summed E-state index contributed by atoms with van der Waals surface area (Å²) in [6.07, 6.45) is -3.71. The minimum atomic E-state index is -4.60. The third-order valence-electron chi connectivity index (χ3n) is 2.62. The van der Waals surface area contributed by atoms with Gasteiger partial charge in [0.25, 0.3) is 0 Å². The fourth-order valence-corrected chi connectivity index (χ4v) is 2.37. The molecule has 110 valence electrons. The first kappa shape index (κ1) is 16.1. The Bertz CT molecular complexity index is 717. The molecule has 1 heterocycles. The predicted octanol–water partition coefficient (Wildman–Crippen LogP) is 5.54. The first-order valence-electron chi connectivity index (χ1n) is 5.41. The third-order valence-corrected chi connectivity index (χ3v) is 3.64. The van der Waals surface area contributed by atoms with Crippen molar-refractivity contribution in [3.05, 3.63) is 50.6 Å². The Balaban J connectivity index is 2.68. The monoisotopic (exact) mass is 353 g/mol. The molecule has 0 unspecified atom stereocenters. The molecule has 0 atom stereocenters. The third kappa shape index (κ3) is 3.31. The number of carbonyl (C=O) groups excluding carboxylic acids is 1. The number of alkyl halides is 3. The lowest BCUT2D eigenvalue weighted by Crippen LogP contribution is -2.07. The van der Waals surface area contributed by atoms with Crippen LogP contribution in [0.1, 0.15) is 15.9 Å². The first-order chi connectivity index (χ1) is 9.74. The second-order valence-corrected chi connectivity index (χ2v) is 5.25. The number of aromatic nitrogens is 1. The number of benzene rings is 1. The fourth-order valence-electron chi connectivity index (χ4n) is 1.68. The van der Waals surface area contributed by atoms with Gasteiger partial charge in [0.15, 0.2) is 6.29 Å². The van der Waals surface area contributed by atoms with E-state index in [1.165, 1.54) is 12.1 Å². The largest absolute Gasteiger partial charge is 0.417 e. The molecule has 8 heteroatoms. The Morgan fingerprint density at radius 2 is 1.76 bits per heavy atom. The molecule has 0 N–H and O–H groups in total. The summed E-state index contributed by atoms with van der Waals surface area (Å²) < 4.78 is 37.9. The molecule has 0 amide bonds. The zero-order chi connectivity index (χ0) is 15.8. The molecule has 0 aliphatic heterocycles. The number of halogens is 6. The molecule has 0 aliphatic carbocycles. The summed E-state index contributed by atoms with van der Waals surface area (Å²) in [6, 6.07) is 3.44. The van der Waals surface area contributed by atoms with E-state index in [1.807, 2.05) is 0 Å². The summed E-state index contributed by atoms with van der Waals surface area (Å²) >= 11 is 17.7. The van der Waals surface area contributed by atoms with Gasteiger partial charge in [-0.25, -0.2) is 0 Å². The highest BCUT2D eigenvalue weighted by Crippen LogP contribution is 2.38. The average molecular weight is 355 g/mol. The van der Waals surface area contributed by atoms with Crippen LogP contribution in [0.4, 0.5) is 13.2 Å². The molecule has 2 rings (SSSR count). The van der Waals surface area contributed by atoms with Crippen molar-refractivity contribution in [3.8, 4) is 11.3 Å². The SMILES string of the molecule is O=Cc1cc(C(F)(F)F)cnc1-c1cc(Cl)cc(Cl)c1Cl. The minimum absolute atomic E-state index is 0.0209. The highest BCUT2D eigenvalue weighted by molar-refractivity contribution is 6.45. The van der Waals surface area contributed by atoms with Crippen molar-refractivity contribution in [2.45, 2.75) is 6.18 Å². The van der Waals surface area contributed by atoms with Gasteiger partial charge in [-0.3, -0.25) is 9.78 Å². The smallest absolute Gasteiger partial charge is 0.298 e. The summed E-state index contributed by atoms with van der Waals surface area (Å²) in [5.74, 6) is 0. The van der Waals surface area contributed by atoms with Crippen molar-refractivity contribution in [1.29, 1.82) is 0 Å². The zero-order valence-electron chi connectivity index (χ0n) is 10.0. The van der Waals surface area contributed by atoms with E-state index in [9.17, 15) is 18.0 Å². The molecule has 1 aromatic heterocycles. The summed E-state index contributed by atoms with van der Waals surface area (Å²) in [5, 5.41) is 0.382. The number of rotatable bonds is 2. The van der Waals surface area contributed by atoms with E-state index in [2.05, 4.69) is 4.98 Å². The lowest BCUT2D eigenvalue weighted by atomic mass is 10.0. The average Bonchev–Trinajstić information content (AvgIpc) is 2.41. The van der Waals surface area contributed by atoms with E-state index in [1.54, 1.807) is 0 Å². The van der Waals surface area contributed by atoms with E-state index in [0.717, 1.165) is 0 Å². The molecule has 1 aromatic carbocycles. The van der Waals surface area contributed by atoms with Crippen LogP contribution < -0.4 is 0 Å². The van der Waals surface area contributed by atoms with Crippen LogP contribution in [0, 0.1) is 0 Å². The van der Waals surface area contributed by atoms with E-state index < -0.39 is 11.7 Å². The molecule has 21 heavy (non-hydrogen) atoms. The number of hydrogen-bond donors (Lipinski definition) is 0. The Morgan fingerprint density at radius 1 is 1.10 bits per heavy atom. The molecule has 0 saturated heterocycles. The quantitative estimate of drug-likeness (QED) is 0.523. The number of aldehydes is 1. The number of hydrogen-bond acceptors (Lipinski definition) is 2. The molecule has 2 nitrogen and oxygen atoms in total. The van der Waals surface area contributed by atoms with Crippen LogP contribution in [0.5, 0.6) is 0 Å². The van der Waals surface area contributed by atoms with Crippen molar-refractivity contribution < 1.29 is 18.0 Å². The number of nitrogens with zero attached hydrogens (tertiary/aromatic N) is 1. The van der Waals surface area contributed by atoms with E-state index in [4.69, 9.17) is 34.8 Å². The highest BCUT2D eigenvalue weighted by Gasteiger charge is 2.32. The van der Waals surface area contributed by atoms with Gasteiger partial charge in [0.2, 0.25) is 0 Å². The second kappa shape index (κ2) is 5.83. The molecule has 0 saturated carbocycles. The summed E-state index contributed by atoms with van der Waals surface area (Å²) in [5.41, 5.74) is -1.12. The maximum Gasteiger partial charge on any atom is 0.417 e. The topological polar surface area (TPSA) is 30.0 Å². The zero-order valence-corrected chi connectivity index (χ0v) is 12.3. The van der Waals surface area contributed by atoms with Crippen LogP contribution in [0.2, 0.25) is 15.1 Å². The Labute approximate surface area is 132 Å². The van der Waals surface area contributed by atoms with Gasteiger partial charge in [-0.1, -0.05) is 34.8 Å². The van der Waals surface area contributed by atoms with Crippen molar-refractivity contribution in [2.75, 3.05) is 0 Å². The first-order valence-corrected chi connectivity index (χ1v) is 6.54. The van der Waals surface area contributed by atoms with Crippen molar-refractivity contribution >= 4 is 41.1 Å². The molecule has 0 spiro atoms. The van der Waals surface area contributed by atoms with Gasteiger partial charge in [-0.05, 0) is 18.2 Å². The van der Waals surface area contributed by atoms with Gasteiger partial charge in [-0.15, -0.1) is 0 Å².